The molecule has 1 unspecified atom stereocenters. The average molecular weight is 335 g/mol. The highest BCUT2D eigenvalue weighted by Crippen LogP contribution is 2.31. The first kappa shape index (κ1) is 15.8. The summed E-state index contributed by atoms with van der Waals surface area (Å²) in [4.78, 5) is 12.7. The third kappa shape index (κ3) is 3.00. The number of carbonyl (C=O) groups excluding carboxylic acids is 1. The molecule has 0 saturated carbocycles. The Labute approximate surface area is 146 Å². The highest BCUT2D eigenvalue weighted by atomic mass is 16.5. The first-order valence-electron chi connectivity index (χ1n) is 8.80. The van der Waals surface area contributed by atoms with Crippen molar-refractivity contribution in [1.29, 1.82) is 0 Å². The third-order valence-corrected chi connectivity index (χ3v) is 4.71. The van der Waals surface area contributed by atoms with Crippen LogP contribution in [0.3, 0.4) is 0 Å². The molecule has 0 saturated heterocycles. The summed E-state index contributed by atoms with van der Waals surface area (Å²) in [6.45, 7) is 2.48. The van der Waals surface area contributed by atoms with Crippen molar-refractivity contribution in [2.45, 2.75) is 32.2 Å². The van der Waals surface area contributed by atoms with Gasteiger partial charge in [-0.15, -0.1) is 0 Å². The minimum absolute atomic E-state index is 0.0389. The van der Waals surface area contributed by atoms with Crippen molar-refractivity contribution in [3.8, 4) is 5.75 Å². The minimum Gasteiger partial charge on any atom is -0.490 e. The van der Waals surface area contributed by atoms with Gasteiger partial charge >= 0.3 is 0 Å². The summed E-state index contributed by atoms with van der Waals surface area (Å²) in [6, 6.07) is 15.8. The van der Waals surface area contributed by atoms with Gasteiger partial charge in [0.05, 0.1) is 12.6 Å². The number of benzene rings is 2. The summed E-state index contributed by atoms with van der Waals surface area (Å²) in [5, 5.41) is 4.01. The minimum atomic E-state index is -0.180. The number of fused-ring (bicyclic) bond motifs is 2. The number of hydrogen-bond acceptors (Lipinski definition) is 3. The van der Waals surface area contributed by atoms with Gasteiger partial charge < -0.3 is 14.5 Å². The lowest BCUT2D eigenvalue weighted by Crippen LogP contribution is -2.30. The van der Waals surface area contributed by atoms with Gasteiger partial charge in [-0.05, 0) is 49.4 Å². The van der Waals surface area contributed by atoms with Crippen LogP contribution in [0.25, 0.3) is 11.0 Å². The second-order valence-corrected chi connectivity index (χ2v) is 6.34. The molecule has 0 fully saturated rings. The number of ether oxygens (including phenoxy) is 1. The van der Waals surface area contributed by atoms with Gasteiger partial charge in [-0.3, -0.25) is 4.79 Å². The molecule has 1 aliphatic carbocycles. The molecule has 2 aromatic carbocycles. The summed E-state index contributed by atoms with van der Waals surface area (Å²) in [5.41, 5.74) is 3.16. The smallest absolute Gasteiger partial charge is 0.287 e. The maximum Gasteiger partial charge on any atom is 0.287 e. The van der Waals surface area contributed by atoms with Crippen LogP contribution in [0.5, 0.6) is 5.75 Å². The molecule has 0 bridgehead atoms. The zero-order valence-electron chi connectivity index (χ0n) is 14.2. The highest BCUT2D eigenvalue weighted by Gasteiger charge is 2.23. The van der Waals surface area contributed by atoms with Crippen LogP contribution < -0.4 is 10.1 Å². The standard InChI is InChI=1S/C21H21NO3/c1-2-24-18-12-6-9-15-13-19(25-20(15)18)21(23)22-17-11-5-8-14-7-3-4-10-16(14)17/h3-4,6-7,9-10,12-13,17H,2,5,8,11H2,1H3,(H,22,23). The first-order valence-corrected chi connectivity index (χ1v) is 8.80. The van der Waals surface area contributed by atoms with Crippen molar-refractivity contribution in [1.82, 2.24) is 5.32 Å². The van der Waals surface area contributed by atoms with Gasteiger partial charge in [0.15, 0.2) is 17.1 Å². The molecule has 1 aliphatic rings. The van der Waals surface area contributed by atoms with Crippen molar-refractivity contribution in [3.63, 3.8) is 0 Å². The number of hydrogen-bond donors (Lipinski definition) is 1. The largest absolute Gasteiger partial charge is 0.490 e. The molecule has 0 radical (unpaired) electrons. The number of carbonyl (C=O) groups is 1. The molecule has 3 aromatic rings. The lowest BCUT2D eigenvalue weighted by Gasteiger charge is -2.25. The molecular weight excluding hydrogens is 314 g/mol. The van der Waals surface area contributed by atoms with Crippen LogP contribution in [0.1, 0.15) is 47.5 Å². The Balaban J connectivity index is 1.60. The Bertz CT molecular complexity index is 912. The van der Waals surface area contributed by atoms with Crippen LogP contribution in [-0.2, 0) is 6.42 Å². The monoisotopic (exact) mass is 335 g/mol. The van der Waals surface area contributed by atoms with Crippen molar-refractivity contribution in [3.05, 3.63) is 65.4 Å². The average Bonchev–Trinajstić information content (AvgIpc) is 3.08. The molecule has 25 heavy (non-hydrogen) atoms. The third-order valence-electron chi connectivity index (χ3n) is 4.71. The van der Waals surface area contributed by atoms with E-state index in [-0.39, 0.29) is 11.9 Å². The molecule has 1 N–H and O–H groups in total. The summed E-state index contributed by atoms with van der Waals surface area (Å²) in [5.74, 6) is 0.813. The van der Waals surface area contributed by atoms with Crippen LogP contribution in [0.15, 0.2) is 52.9 Å². The summed E-state index contributed by atoms with van der Waals surface area (Å²) in [6.07, 6.45) is 3.11. The van der Waals surface area contributed by atoms with Crippen molar-refractivity contribution < 1.29 is 13.9 Å². The molecule has 1 amide bonds. The van der Waals surface area contributed by atoms with Crippen LogP contribution in [0, 0.1) is 0 Å². The van der Waals surface area contributed by atoms with E-state index in [4.69, 9.17) is 9.15 Å². The predicted octanol–water partition coefficient (Wildman–Crippen LogP) is 4.64. The SMILES string of the molecule is CCOc1cccc2cc(C(=O)NC3CCCc4ccccc43)oc12. The van der Waals surface area contributed by atoms with Gasteiger partial charge in [-0.25, -0.2) is 0 Å². The molecule has 1 aromatic heterocycles. The number of aryl methyl sites for hydroxylation is 1. The highest BCUT2D eigenvalue weighted by molar-refractivity contribution is 5.97. The molecule has 4 rings (SSSR count). The Morgan fingerprint density at radius 1 is 1.24 bits per heavy atom. The van der Waals surface area contributed by atoms with Crippen molar-refractivity contribution >= 4 is 16.9 Å². The molecule has 4 heteroatoms. The quantitative estimate of drug-likeness (QED) is 0.756. The molecule has 0 spiro atoms. The number of para-hydroxylation sites is 1. The van der Waals surface area contributed by atoms with E-state index in [1.165, 1.54) is 11.1 Å². The van der Waals surface area contributed by atoms with E-state index < -0.39 is 0 Å². The summed E-state index contributed by atoms with van der Waals surface area (Å²) >= 11 is 0. The number of furan rings is 1. The maximum absolute atomic E-state index is 12.7. The van der Waals surface area contributed by atoms with E-state index in [9.17, 15) is 4.79 Å². The molecule has 128 valence electrons. The topological polar surface area (TPSA) is 51.5 Å². The number of rotatable bonds is 4. The van der Waals surface area contributed by atoms with Gasteiger partial charge in [0.25, 0.3) is 5.91 Å². The van der Waals surface area contributed by atoms with Gasteiger partial charge in [-0.2, -0.15) is 0 Å². The number of amides is 1. The maximum atomic E-state index is 12.7. The fourth-order valence-electron chi connectivity index (χ4n) is 3.55. The first-order chi connectivity index (χ1) is 12.3. The molecule has 1 atom stereocenters. The van der Waals surface area contributed by atoms with Gasteiger partial charge in [0, 0.05) is 5.39 Å². The van der Waals surface area contributed by atoms with E-state index in [1.54, 1.807) is 6.07 Å². The van der Waals surface area contributed by atoms with Crippen molar-refractivity contribution in [2.24, 2.45) is 0 Å². The molecular formula is C21H21NO3. The summed E-state index contributed by atoms with van der Waals surface area (Å²) in [7, 11) is 0. The van der Waals surface area contributed by atoms with Gasteiger partial charge in [-0.1, -0.05) is 36.4 Å². The Morgan fingerprint density at radius 3 is 3.00 bits per heavy atom. The second kappa shape index (κ2) is 6.63. The second-order valence-electron chi connectivity index (χ2n) is 6.34. The van der Waals surface area contributed by atoms with Crippen LogP contribution in [0.4, 0.5) is 0 Å². The Hall–Kier alpha value is -2.75. The van der Waals surface area contributed by atoms with E-state index in [0.29, 0.717) is 23.7 Å². The Morgan fingerprint density at radius 2 is 2.12 bits per heavy atom. The predicted molar refractivity (Wildman–Crippen MR) is 97.0 cm³/mol. The molecule has 1 heterocycles. The van der Waals surface area contributed by atoms with E-state index >= 15 is 0 Å². The van der Waals surface area contributed by atoms with E-state index in [0.717, 1.165) is 24.6 Å². The fraction of sp³-hybridized carbons (Fsp3) is 0.286. The molecule has 4 nitrogen and oxygen atoms in total. The zero-order valence-corrected chi connectivity index (χ0v) is 14.2. The van der Waals surface area contributed by atoms with Gasteiger partial charge in [0.1, 0.15) is 0 Å². The Kier molecular flexibility index (Phi) is 4.18. The van der Waals surface area contributed by atoms with E-state index in [2.05, 4.69) is 23.5 Å². The zero-order chi connectivity index (χ0) is 17.2. The van der Waals surface area contributed by atoms with Crippen LogP contribution >= 0.6 is 0 Å². The van der Waals surface area contributed by atoms with Crippen LogP contribution in [0.2, 0.25) is 0 Å². The lowest BCUT2D eigenvalue weighted by molar-refractivity contribution is 0.0906. The van der Waals surface area contributed by atoms with E-state index in [1.807, 2.05) is 31.2 Å². The lowest BCUT2D eigenvalue weighted by atomic mass is 9.88. The molecule has 0 aliphatic heterocycles. The van der Waals surface area contributed by atoms with Gasteiger partial charge in [0.2, 0.25) is 0 Å². The number of nitrogens with one attached hydrogen (secondary N) is 1. The normalized spacial score (nSPS) is 16.4. The fourth-order valence-corrected chi connectivity index (χ4v) is 3.55. The summed E-state index contributed by atoms with van der Waals surface area (Å²) < 4.78 is 11.4. The van der Waals surface area contributed by atoms with Crippen molar-refractivity contribution in [2.75, 3.05) is 6.61 Å². The van der Waals surface area contributed by atoms with Crippen LogP contribution in [-0.4, -0.2) is 12.5 Å².